The molecule has 4 rings (SSSR count). The third-order valence-electron chi connectivity index (χ3n) is 4.86. The number of rotatable bonds is 7. The summed E-state index contributed by atoms with van der Waals surface area (Å²) < 4.78 is 5.47. The van der Waals surface area contributed by atoms with Crippen LogP contribution in [0.15, 0.2) is 41.9 Å². The molecule has 9 heteroatoms. The summed E-state index contributed by atoms with van der Waals surface area (Å²) >= 11 is 1.52. The SMILES string of the molecule is COc1ccccc1N1CCN(CC(O)CSc2ncnc3[nH]cnc23)CC1. The van der Waals surface area contributed by atoms with E-state index in [2.05, 4.69) is 35.8 Å². The molecule has 3 heterocycles. The van der Waals surface area contributed by atoms with Crippen molar-refractivity contribution >= 4 is 28.6 Å². The Morgan fingerprint density at radius 2 is 2.00 bits per heavy atom. The van der Waals surface area contributed by atoms with E-state index < -0.39 is 6.10 Å². The normalized spacial score (nSPS) is 16.4. The van der Waals surface area contributed by atoms with Crippen LogP contribution in [0, 0.1) is 0 Å². The van der Waals surface area contributed by atoms with Crippen molar-refractivity contribution < 1.29 is 9.84 Å². The first-order valence-electron chi connectivity index (χ1n) is 9.30. The number of aliphatic hydroxyl groups excluding tert-OH is 1. The fraction of sp³-hybridized carbons (Fsp3) is 0.421. The van der Waals surface area contributed by atoms with Gasteiger partial charge in [0.2, 0.25) is 0 Å². The van der Waals surface area contributed by atoms with Gasteiger partial charge in [0.05, 0.1) is 25.2 Å². The number of aliphatic hydroxyl groups is 1. The van der Waals surface area contributed by atoms with Gasteiger partial charge in [0.15, 0.2) is 5.65 Å². The van der Waals surface area contributed by atoms with Crippen molar-refractivity contribution in [3.05, 3.63) is 36.9 Å². The Hall–Kier alpha value is -2.36. The number of thioether (sulfide) groups is 1. The Bertz CT molecular complexity index is 912. The van der Waals surface area contributed by atoms with Crippen molar-refractivity contribution in [1.82, 2.24) is 24.8 Å². The number of nitrogens with one attached hydrogen (secondary N) is 1. The van der Waals surface area contributed by atoms with Crippen LogP contribution >= 0.6 is 11.8 Å². The first kappa shape index (κ1) is 19.0. The van der Waals surface area contributed by atoms with Gasteiger partial charge in [0.1, 0.15) is 22.6 Å². The van der Waals surface area contributed by atoms with Gasteiger partial charge in [-0.1, -0.05) is 12.1 Å². The number of H-pyrrole nitrogens is 1. The van der Waals surface area contributed by atoms with Crippen molar-refractivity contribution in [3.8, 4) is 5.75 Å². The minimum absolute atomic E-state index is 0.424. The number of hydrogen-bond acceptors (Lipinski definition) is 8. The van der Waals surface area contributed by atoms with Gasteiger partial charge < -0.3 is 19.7 Å². The number of fused-ring (bicyclic) bond motifs is 1. The number of aromatic amines is 1. The predicted octanol–water partition coefficient (Wildman–Crippen LogP) is 1.64. The van der Waals surface area contributed by atoms with Crippen LogP contribution < -0.4 is 9.64 Å². The van der Waals surface area contributed by atoms with Crippen molar-refractivity contribution in [1.29, 1.82) is 0 Å². The lowest BCUT2D eigenvalue weighted by molar-refractivity contribution is 0.126. The van der Waals surface area contributed by atoms with Crippen LogP contribution in [0.1, 0.15) is 0 Å². The molecule has 2 N–H and O–H groups in total. The predicted molar refractivity (Wildman–Crippen MR) is 110 cm³/mol. The number of nitrogens with zero attached hydrogens (tertiary/aromatic N) is 5. The van der Waals surface area contributed by atoms with E-state index in [1.807, 2.05) is 18.2 Å². The first-order valence-corrected chi connectivity index (χ1v) is 10.3. The third kappa shape index (κ3) is 4.21. The van der Waals surface area contributed by atoms with Gasteiger partial charge in [-0.05, 0) is 12.1 Å². The topological polar surface area (TPSA) is 90.4 Å². The Kier molecular flexibility index (Phi) is 5.94. The lowest BCUT2D eigenvalue weighted by Crippen LogP contribution is -2.49. The van der Waals surface area contributed by atoms with Crippen LogP contribution in [0.5, 0.6) is 5.75 Å². The van der Waals surface area contributed by atoms with E-state index in [9.17, 15) is 5.11 Å². The summed E-state index contributed by atoms with van der Waals surface area (Å²) in [5.41, 5.74) is 2.61. The first-order chi connectivity index (χ1) is 13.7. The van der Waals surface area contributed by atoms with Crippen LogP contribution in [-0.4, -0.2) is 81.6 Å². The monoisotopic (exact) mass is 400 g/mol. The molecule has 1 atom stereocenters. The summed E-state index contributed by atoms with van der Waals surface area (Å²) in [5, 5.41) is 11.3. The number of anilines is 1. The second-order valence-electron chi connectivity index (χ2n) is 6.70. The molecule has 1 aliphatic heterocycles. The maximum atomic E-state index is 10.5. The van der Waals surface area contributed by atoms with Gasteiger partial charge in [-0.2, -0.15) is 0 Å². The molecule has 3 aromatic rings. The molecule has 1 aromatic carbocycles. The highest BCUT2D eigenvalue weighted by Crippen LogP contribution is 2.28. The Morgan fingerprint density at radius 1 is 1.18 bits per heavy atom. The van der Waals surface area contributed by atoms with E-state index in [0.717, 1.165) is 53.8 Å². The zero-order chi connectivity index (χ0) is 19.3. The molecule has 1 aliphatic rings. The van der Waals surface area contributed by atoms with Gasteiger partial charge >= 0.3 is 0 Å². The van der Waals surface area contributed by atoms with Gasteiger partial charge in [-0.3, -0.25) is 4.90 Å². The molecule has 0 aliphatic carbocycles. The van der Waals surface area contributed by atoms with E-state index >= 15 is 0 Å². The van der Waals surface area contributed by atoms with Crippen LogP contribution in [0.25, 0.3) is 11.2 Å². The van der Waals surface area contributed by atoms with Crippen molar-refractivity contribution in [2.45, 2.75) is 11.1 Å². The summed E-state index contributed by atoms with van der Waals surface area (Å²) in [6.45, 7) is 4.31. The average Bonchev–Trinajstić information content (AvgIpc) is 3.22. The number of aromatic nitrogens is 4. The summed E-state index contributed by atoms with van der Waals surface area (Å²) in [5.74, 6) is 1.48. The number of hydrogen-bond donors (Lipinski definition) is 2. The van der Waals surface area contributed by atoms with Gasteiger partial charge in [0.25, 0.3) is 0 Å². The zero-order valence-electron chi connectivity index (χ0n) is 15.8. The van der Waals surface area contributed by atoms with Crippen molar-refractivity contribution in [2.75, 3.05) is 50.5 Å². The zero-order valence-corrected chi connectivity index (χ0v) is 16.6. The summed E-state index contributed by atoms with van der Waals surface area (Å²) in [6.07, 6.45) is 2.71. The Balaban J connectivity index is 1.27. The molecule has 0 radical (unpaired) electrons. The highest BCUT2D eigenvalue weighted by atomic mass is 32.2. The number of ether oxygens (including phenoxy) is 1. The standard InChI is InChI=1S/C19H24N6O2S/c1-27-16-5-3-2-4-15(16)25-8-6-24(7-9-25)10-14(26)11-28-19-17-18(21-12-20-17)22-13-23-19/h2-5,12-14,26H,6-11H2,1H3,(H,20,21,22,23). The van der Waals surface area contributed by atoms with Crippen LogP contribution in [0.4, 0.5) is 5.69 Å². The van der Waals surface area contributed by atoms with Gasteiger partial charge in [0, 0.05) is 38.5 Å². The molecule has 1 unspecified atom stereocenters. The highest BCUT2D eigenvalue weighted by molar-refractivity contribution is 7.99. The molecule has 1 fully saturated rings. The summed E-state index contributed by atoms with van der Waals surface area (Å²) in [7, 11) is 1.71. The lowest BCUT2D eigenvalue weighted by atomic mass is 10.2. The fourth-order valence-electron chi connectivity index (χ4n) is 3.44. The van der Waals surface area contributed by atoms with Crippen molar-refractivity contribution in [3.63, 3.8) is 0 Å². The van der Waals surface area contributed by atoms with Gasteiger partial charge in [-0.25, -0.2) is 15.0 Å². The Labute approximate surface area is 168 Å². The highest BCUT2D eigenvalue weighted by Gasteiger charge is 2.21. The summed E-state index contributed by atoms with van der Waals surface area (Å²) in [4.78, 5) is 20.3. The largest absolute Gasteiger partial charge is 0.495 e. The molecule has 0 saturated carbocycles. The molecule has 8 nitrogen and oxygen atoms in total. The quantitative estimate of drug-likeness (QED) is 0.457. The molecule has 148 valence electrons. The number of β-amino-alcohol motifs (C(OH)–C–C–N with tert-alkyl or cyclic N) is 1. The number of piperazine rings is 1. The van der Waals surface area contributed by atoms with Crippen molar-refractivity contribution in [2.24, 2.45) is 0 Å². The number of imidazole rings is 1. The fourth-order valence-corrected chi connectivity index (χ4v) is 4.30. The third-order valence-corrected chi connectivity index (χ3v) is 5.99. The minimum Gasteiger partial charge on any atom is -0.495 e. The van der Waals surface area contributed by atoms with E-state index in [1.165, 1.54) is 18.1 Å². The van der Waals surface area contributed by atoms with E-state index in [1.54, 1.807) is 13.4 Å². The smallest absolute Gasteiger partial charge is 0.161 e. The second kappa shape index (κ2) is 8.76. The minimum atomic E-state index is -0.424. The number of methoxy groups -OCH3 is 1. The molecule has 0 bridgehead atoms. The molecule has 0 spiro atoms. The van der Waals surface area contributed by atoms with E-state index in [0.29, 0.717) is 12.3 Å². The maximum Gasteiger partial charge on any atom is 0.161 e. The van der Waals surface area contributed by atoms with Crippen LogP contribution in [0.3, 0.4) is 0 Å². The van der Waals surface area contributed by atoms with Gasteiger partial charge in [-0.15, -0.1) is 11.8 Å². The molecule has 0 amide bonds. The van der Waals surface area contributed by atoms with Crippen LogP contribution in [-0.2, 0) is 0 Å². The molecule has 2 aromatic heterocycles. The second-order valence-corrected chi connectivity index (χ2v) is 7.71. The molecular weight excluding hydrogens is 376 g/mol. The average molecular weight is 401 g/mol. The number of benzene rings is 1. The molecule has 28 heavy (non-hydrogen) atoms. The van der Waals surface area contributed by atoms with Crippen LogP contribution in [0.2, 0.25) is 0 Å². The molecular formula is C19H24N6O2S. The molecule has 1 saturated heterocycles. The van der Waals surface area contributed by atoms with E-state index in [4.69, 9.17) is 4.74 Å². The van der Waals surface area contributed by atoms with E-state index in [-0.39, 0.29) is 0 Å². The summed E-state index contributed by atoms with van der Waals surface area (Å²) in [6, 6.07) is 8.11. The number of para-hydroxylation sites is 2. The maximum absolute atomic E-state index is 10.5. The Morgan fingerprint density at radius 3 is 2.82 bits per heavy atom. The lowest BCUT2D eigenvalue weighted by Gasteiger charge is -2.37.